The maximum Gasteiger partial charge on any atom is 0.0751 e. The summed E-state index contributed by atoms with van der Waals surface area (Å²) in [4.78, 5) is 4.54. The highest BCUT2D eigenvalue weighted by atomic mass is 79.9. The van der Waals surface area contributed by atoms with Crippen molar-refractivity contribution in [3.8, 4) is 0 Å². The van der Waals surface area contributed by atoms with E-state index in [1.165, 1.54) is 11.1 Å². The van der Waals surface area contributed by atoms with Crippen LogP contribution in [0.4, 0.5) is 0 Å². The third kappa shape index (κ3) is 3.90. The molecule has 1 unspecified atom stereocenters. The summed E-state index contributed by atoms with van der Waals surface area (Å²) in [5.41, 5.74) is 3.70. The lowest BCUT2D eigenvalue weighted by molar-refractivity contribution is 0.586. The topological polar surface area (TPSA) is 24.9 Å². The second-order valence-corrected chi connectivity index (χ2v) is 5.80. The number of hydrogen-bond acceptors (Lipinski definition) is 2. The number of benzene rings is 1. The predicted molar refractivity (Wildman–Crippen MR) is 87.9 cm³/mol. The summed E-state index contributed by atoms with van der Waals surface area (Å²) < 4.78 is 1.01. The standard InChI is InChI=1S/C17H21BrN2/c1-3-11-19-17(16-10-9-15(18)12-20-16)14-7-5-13(4-2)6-8-14/h5-10,12,17,19H,3-4,11H2,1-2H3. The van der Waals surface area contributed by atoms with Crippen LogP contribution in [0.5, 0.6) is 0 Å². The highest BCUT2D eigenvalue weighted by Crippen LogP contribution is 2.22. The van der Waals surface area contributed by atoms with E-state index in [9.17, 15) is 0 Å². The molecule has 0 amide bonds. The van der Waals surface area contributed by atoms with Crippen LogP contribution in [0.1, 0.15) is 43.1 Å². The van der Waals surface area contributed by atoms with Gasteiger partial charge >= 0.3 is 0 Å². The van der Waals surface area contributed by atoms with Crippen molar-refractivity contribution in [2.75, 3.05) is 6.54 Å². The van der Waals surface area contributed by atoms with Gasteiger partial charge in [-0.1, -0.05) is 38.1 Å². The van der Waals surface area contributed by atoms with E-state index in [1.807, 2.05) is 12.3 Å². The van der Waals surface area contributed by atoms with Crippen molar-refractivity contribution in [2.45, 2.75) is 32.7 Å². The molecule has 0 spiro atoms. The number of aryl methyl sites for hydroxylation is 1. The molecule has 0 fully saturated rings. The molecule has 1 heterocycles. The molecule has 0 saturated carbocycles. The van der Waals surface area contributed by atoms with Crippen molar-refractivity contribution in [1.82, 2.24) is 10.3 Å². The van der Waals surface area contributed by atoms with Crippen molar-refractivity contribution in [1.29, 1.82) is 0 Å². The zero-order valence-corrected chi connectivity index (χ0v) is 13.7. The lowest BCUT2D eigenvalue weighted by Gasteiger charge is -2.19. The molecule has 1 N–H and O–H groups in total. The summed E-state index contributed by atoms with van der Waals surface area (Å²) in [6, 6.07) is 13.1. The molecule has 1 aromatic carbocycles. The van der Waals surface area contributed by atoms with E-state index in [-0.39, 0.29) is 6.04 Å². The average molecular weight is 333 g/mol. The van der Waals surface area contributed by atoms with Gasteiger partial charge in [-0.05, 0) is 58.6 Å². The number of nitrogens with one attached hydrogen (secondary N) is 1. The van der Waals surface area contributed by atoms with Gasteiger partial charge < -0.3 is 5.32 Å². The molecule has 0 aliphatic rings. The molecule has 0 saturated heterocycles. The van der Waals surface area contributed by atoms with Crippen molar-refractivity contribution in [2.24, 2.45) is 0 Å². The SMILES string of the molecule is CCCNC(c1ccc(CC)cc1)c1ccc(Br)cn1. The Kier molecular flexibility index (Phi) is 5.74. The maximum atomic E-state index is 4.54. The number of nitrogens with zero attached hydrogens (tertiary/aromatic N) is 1. The zero-order chi connectivity index (χ0) is 14.4. The molecular weight excluding hydrogens is 312 g/mol. The summed E-state index contributed by atoms with van der Waals surface area (Å²) in [5.74, 6) is 0. The van der Waals surface area contributed by atoms with E-state index in [0.717, 1.165) is 29.6 Å². The number of hydrogen-bond donors (Lipinski definition) is 1. The Morgan fingerprint density at radius 3 is 2.40 bits per heavy atom. The van der Waals surface area contributed by atoms with E-state index in [2.05, 4.69) is 70.4 Å². The van der Waals surface area contributed by atoms with Crippen molar-refractivity contribution >= 4 is 15.9 Å². The Morgan fingerprint density at radius 2 is 1.85 bits per heavy atom. The van der Waals surface area contributed by atoms with Gasteiger partial charge in [0.05, 0.1) is 11.7 Å². The van der Waals surface area contributed by atoms with Gasteiger partial charge in [0.1, 0.15) is 0 Å². The van der Waals surface area contributed by atoms with Crippen LogP contribution in [0, 0.1) is 0 Å². The monoisotopic (exact) mass is 332 g/mol. The maximum absolute atomic E-state index is 4.54. The summed E-state index contributed by atoms with van der Waals surface area (Å²) in [5, 5.41) is 3.58. The minimum atomic E-state index is 0.161. The number of aromatic nitrogens is 1. The second-order valence-electron chi connectivity index (χ2n) is 4.88. The van der Waals surface area contributed by atoms with Gasteiger partial charge in [-0.2, -0.15) is 0 Å². The molecular formula is C17H21BrN2. The molecule has 2 nitrogen and oxygen atoms in total. The van der Waals surface area contributed by atoms with Crippen LogP contribution < -0.4 is 5.32 Å². The normalized spacial score (nSPS) is 12.3. The third-order valence-electron chi connectivity index (χ3n) is 3.37. The predicted octanol–water partition coefficient (Wildman–Crippen LogP) is 4.50. The minimum Gasteiger partial charge on any atom is -0.305 e. The number of halogens is 1. The Morgan fingerprint density at radius 1 is 1.10 bits per heavy atom. The Labute approximate surface area is 129 Å². The fraction of sp³-hybridized carbons (Fsp3) is 0.353. The molecule has 0 radical (unpaired) electrons. The van der Waals surface area contributed by atoms with Crippen molar-refractivity contribution in [3.63, 3.8) is 0 Å². The molecule has 1 atom stereocenters. The first kappa shape index (κ1) is 15.2. The van der Waals surface area contributed by atoms with Crippen LogP contribution in [0.2, 0.25) is 0 Å². The summed E-state index contributed by atoms with van der Waals surface area (Å²) in [6.45, 7) is 5.34. The van der Waals surface area contributed by atoms with E-state index in [0.29, 0.717) is 0 Å². The fourth-order valence-electron chi connectivity index (χ4n) is 2.19. The van der Waals surface area contributed by atoms with Gasteiger partial charge in [0.2, 0.25) is 0 Å². The Balaban J connectivity index is 2.27. The van der Waals surface area contributed by atoms with Crippen LogP contribution in [-0.4, -0.2) is 11.5 Å². The lowest BCUT2D eigenvalue weighted by atomic mass is 10.0. The first-order valence-electron chi connectivity index (χ1n) is 7.18. The van der Waals surface area contributed by atoms with Gasteiger partial charge in [0.15, 0.2) is 0 Å². The van der Waals surface area contributed by atoms with Crippen molar-refractivity contribution in [3.05, 3.63) is 63.9 Å². The quantitative estimate of drug-likeness (QED) is 0.842. The van der Waals surface area contributed by atoms with Crippen molar-refractivity contribution < 1.29 is 0 Å². The van der Waals surface area contributed by atoms with Crippen LogP contribution in [-0.2, 0) is 6.42 Å². The highest BCUT2D eigenvalue weighted by Gasteiger charge is 2.14. The van der Waals surface area contributed by atoms with Crippen LogP contribution in [0.3, 0.4) is 0 Å². The van der Waals surface area contributed by atoms with Gasteiger partial charge in [0, 0.05) is 10.7 Å². The molecule has 1 aromatic heterocycles. The molecule has 20 heavy (non-hydrogen) atoms. The van der Waals surface area contributed by atoms with Gasteiger partial charge in [-0.25, -0.2) is 0 Å². The summed E-state index contributed by atoms with van der Waals surface area (Å²) in [7, 11) is 0. The minimum absolute atomic E-state index is 0.161. The average Bonchev–Trinajstić information content (AvgIpc) is 2.50. The van der Waals surface area contributed by atoms with Crippen LogP contribution in [0.25, 0.3) is 0 Å². The van der Waals surface area contributed by atoms with E-state index in [4.69, 9.17) is 0 Å². The summed E-state index contributed by atoms with van der Waals surface area (Å²) in [6.07, 6.45) is 4.04. The first-order valence-corrected chi connectivity index (χ1v) is 7.97. The fourth-order valence-corrected chi connectivity index (χ4v) is 2.42. The third-order valence-corrected chi connectivity index (χ3v) is 3.83. The van der Waals surface area contributed by atoms with Crippen LogP contribution in [0.15, 0.2) is 47.1 Å². The molecule has 0 bridgehead atoms. The molecule has 0 aliphatic carbocycles. The van der Waals surface area contributed by atoms with E-state index < -0.39 is 0 Å². The number of pyridine rings is 1. The van der Waals surface area contributed by atoms with Gasteiger partial charge in [0.25, 0.3) is 0 Å². The highest BCUT2D eigenvalue weighted by molar-refractivity contribution is 9.10. The smallest absolute Gasteiger partial charge is 0.0751 e. The van der Waals surface area contributed by atoms with Gasteiger partial charge in [-0.3, -0.25) is 4.98 Å². The number of rotatable bonds is 6. The first-order chi connectivity index (χ1) is 9.74. The van der Waals surface area contributed by atoms with Gasteiger partial charge in [-0.15, -0.1) is 0 Å². The second kappa shape index (κ2) is 7.55. The zero-order valence-electron chi connectivity index (χ0n) is 12.1. The summed E-state index contributed by atoms with van der Waals surface area (Å²) >= 11 is 3.44. The van der Waals surface area contributed by atoms with E-state index in [1.54, 1.807) is 0 Å². The Hall–Kier alpha value is -1.19. The Bertz CT molecular complexity index is 520. The molecule has 3 heteroatoms. The molecule has 2 aromatic rings. The van der Waals surface area contributed by atoms with E-state index >= 15 is 0 Å². The largest absolute Gasteiger partial charge is 0.305 e. The van der Waals surface area contributed by atoms with Crippen LogP contribution >= 0.6 is 15.9 Å². The lowest BCUT2D eigenvalue weighted by Crippen LogP contribution is -2.24. The molecule has 2 rings (SSSR count). The molecule has 0 aliphatic heterocycles. The molecule has 106 valence electrons.